The number of aliphatic carboxylic acids is 1. The standard InChI is InChI=1S/C18H20N2O3/c1-13-15(18(23)19-12-6-5-9-17(21)22)10-11-16(20-13)14-7-3-2-4-8-14/h2-4,7-8,10-11H,5-6,9,12H2,1H3,(H,19,23)(H,21,22). The van der Waals surface area contributed by atoms with Gasteiger partial charge in [0.15, 0.2) is 0 Å². The van der Waals surface area contributed by atoms with Crippen LogP contribution in [0.25, 0.3) is 11.3 Å². The second-order valence-electron chi connectivity index (χ2n) is 5.30. The number of carbonyl (C=O) groups is 2. The van der Waals surface area contributed by atoms with Crippen LogP contribution in [0.2, 0.25) is 0 Å². The third kappa shape index (κ3) is 4.92. The fourth-order valence-corrected chi connectivity index (χ4v) is 2.27. The van der Waals surface area contributed by atoms with Crippen molar-refractivity contribution in [1.29, 1.82) is 0 Å². The Morgan fingerprint density at radius 2 is 1.83 bits per heavy atom. The molecule has 2 rings (SSSR count). The maximum Gasteiger partial charge on any atom is 0.303 e. The van der Waals surface area contributed by atoms with E-state index in [2.05, 4.69) is 10.3 Å². The number of aryl methyl sites for hydroxylation is 1. The van der Waals surface area contributed by atoms with Gasteiger partial charge in [-0.2, -0.15) is 0 Å². The third-order valence-electron chi connectivity index (χ3n) is 3.50. The van der Waals surface area contributed by atoms with Gasteiger partial charge in [0.2, 0.25) is 0 Å². The molecule has 5 nitrogen and oxygen atoms in total. The summed E-state index contributed by atoms with van der Waals surface area (Å²) in [5.74, 6) is -0.988. The summed E-state index contributed by atoms with van der Waals surface area (Å²) in [6.07, 6.45) is 1.33. The molecule has 2 N–H and O–H groups in total. The average Bonchev–Trinajstić information content (AvgIpc) is 2.54. The van der Waals surface area contributed by atoms with Crippen LogP contribution in [0.15, 0.2) is 42.5 Å². The van der Waals surface area contributed by atoms with Gasteiger partial charge in [0.05, 0.1) is 17.0 Å². The summed E-state index contributed by atoms with van der Waals surface area (Å²) in [6.45, 7) is 2.28. The van der Waals surface area contributed by atoms with Gasteiger partial charge in [0.25, 0.3) is 5.91 Å². The summed E-state index contributed by atoms with van der Waals surface area (Å²) < 4.78 is 0. The van der Waals surface area contributed by atoms with Gasteiger partial charge in [-0.25, -0.2) is 0 Å². The van der Waals surface area contributed by atoms with Crippen LogP contribution in [0.5, 0.6) is 0 Å². The van der Waals surface area contributed by atoms with E-state index in [0.717, 1.165) is 11.3 Å². The topological polar surface area (TPSA) is 79.3 Å². The van der Waals surface area contributed by atoms with Gasteiger partial charge >= 0.3 is 5.97 Å². The lowest BCUT2D eigenvalue weighted by molar-refractivity contribution is -0.137. The number of aromatic nitrogens is 1. The molecule has 5 heteroatoms. The first-order chi connectivity index (χ1) is 11.1. The van der Waals surface area contributed by atoms with Crippen molar-refractivity contribution >= 4 is 11.9 Å². The molecule has 23 heavy (non-hydrogen) atoms. The Labute approximate surface area is 135 Å². The van der Waals surface area contributed by atoms with Crippen molar-refractivity contribution in [3.05, 3.63) is 53.7 Å². The quantitative estimate of drug-likeness (QED) is 0.770. The lowest BCUT2D eigenvalue weighted by Gasteiger charge is -2.09. The van der Waals surface area contributed by atoms with Gasteiger partial charge in [0.1, 0.15) is 0 Å². The van der Waals surface area contributed by atoms with E-state index >= 15 is 0 Å². The number of carboxylic acids is 1. The van der Waals surface area contributed by atoms with E-state index in [9.17, 15) is 9.59 Å². The van der Waals surface area contributed by atoms with Crippen molar-refractivity contribution in [2.45, 2.75) is 26.2 Å². The van der Waals surface area contributed by atoms with Crippen molar-refractivity contribution in [2.75, 3.05) is 6.54 Å². The summed E-state index contributed by atoms with van der Waals surface area (Å²) in [5.41, 5.74) is 3.06. The molecule has 0 aliphatic heterocycles. The molecule has 0 saturated heterocycles. The van der Waals surface area contributed by atoms with Crippen LogP contribution < -0.4 is 5.32 Å². The summed E-state index contributed by atoms with van der Waals surface area (Å²) >= 11 is 0. The molecule has 0 spiro atoms. The van der Waals surface area contributed by atoms with Crippen LogP contribution in [0.3, 0.4) is 0 Å². The zero-order valence-corrected chi connectivity index (χ0v) is 13.1. The van der Waals surface area contributed by atoms with Gasteiger partial charge in [0, 0.05) is 18.5 Å². The lowest BCUT2D eigenvalue weighted by Crippen LogP contribution is -2.25. The summed E-state index contributed by atoms with van der Waals surface area (Å²) in [5, 5.41) is 11.4. The second-order valence-corrected chi connectivity index (χ2v) is 5.30. The van der Waals surface area contributed by atoms with Crippen LogP contribution in [0.4, 0.5) is 0 Å². The van der Waals surface area contributed by atoms with E-state index in [0.29, 0.717) is 30.6 Å². The van der Waals surface area contributed by atoms with E-state index in [-0.39, 0.29) is 12.3 Å². The minimum atomic E-state index is -0.812. The molecule has 0 unspecified atom stereocenters. The summed E-state index contributed by atoms with van der Waals surface area (Å²) in [7, 11) is 0. The van der Waals surface area contributed by atoms with Gasteiger partial charge in [-0.3, -0.25) is 14.6 Å². The Morgan fingerprint density at radius 3 is 2.48 bits per heavy atom. The molecule has 0 aliphatic rings. The number of rotatable bonds is 7. The Balaban J connectivity index is 1.95. The first kappa shape index (κ1) is 16.7. The number of nitrogens with one attached hydrogen (secondary N) is 1. The van der Waals surface area contributed by atoms with Gasteiger partial charge in [-0.15, -0.1) is 0 Å². The van der Waals surface area contributed by atoms with Gasteiger partial charge in [-0.05, 0) is 31.9 Å². The second kappa shape index (κ2) is 8.08. The van der Waals surface area contributed by atoms with Crippen LogP contribution in [-0.2, 0) is 4.79 Å². The van der Waals surface area contributed by atoms with E-state index in [4.69, 9.17) is 5.11 Å². The molecule has 0 bridgehead atoms. The Bertz CT molecular complexity index is 684. The molecule has 0 aliphatic carbocycles. The van der Waals surface area contributed by atoms with Crippen LogP contribution in [0.1, 0.15) is 35.3 Å². The first-order valence-electron chi connectivity index (χ1n) is 7.61. The molecule has 0 saturated carbocycles. The number of benzene rings is 1. The number of amides is 1. The highest BCUT2D eigenvalue weighted by Crippen LogP contribution is 2.18. The maximum atomic E-state index is 12.1. The minimum absolute atomic E-state index is 0.127. The largest absolute Gasteiger partial charge is 0.481 e. The molecule has 1 aromatic carbocycles. The van der Waals surface area contributed by atoms with E-state index in [1.54, 1.807) is 6.07 Å². The van der Waals surface area contributed by atoms with Crippen molar-refractivity contribution in [1.82, 2.24) is 10.3 Å². The monoisotopic (exact) mass is 312 g/mol. The molecule has 1 heterocycles. The number of nitrogens with zero attached hydrogens (tertiary/aromatic N) is 1. The zero-order chi connectivity index (χ0) is 16.7. The molecule has 0 fully saturated rings. The summed E-state index contributed by atoms with van der Waals surface area (Å²) in [6, 6.07) is 13.4. The zero-order valence-electron chi connectivity index (χ0n) is 13.1. The average molecular weight is 312 g/mol. The fraction of sp³-hybridized carbons (Fsp3) is 0.278. The smallest absolute Gasteiger partial charge is 0.303 e. The van der Waals surface area contributed by atoms with E-state index in [1.165, 1.54) is 0 Å². The predicted molar refractivity (Wildman–Crippen MR) is 88.2 cm³/mol. The lowest BCUT2D eigenvalue weighted by atomic mass is 10.1. The van der Waals surface area contributed by atoms with Crippen LogP contribution in [-0.4, -0.2) is 28.5 Å². The van der Waals surface area contributed by atoms with Crippen molar-refractivity contribution < 1.29 is 14.7 Å². The Morgan fingerprint density at radius 1 is 1.09 bits per heavy atom. The molecular formula is C18H20N2O3. The summed E-state index contributed by atoms with van der Waals surface area (Å²) in [4.78, 5) is 27.1. The maximum absolute atomic E-state index is 12.1. The number of hydrogen-bond acceptors (Lipinski definition) is 3. The van der Waals surface area contributed by atoms with Crippen molar-refractivity contribution in [3.63, 3.8) is 0 Å². The molecule has 2 aromatic rings. The van der Waals surface area contributed by atoms with Crippen LogP contribution in [0, 0.1) is 6.92 Å². The highest BCUT2D eigenvalue weighted by Gasteiger charge is 2.11. The first-order valence-corrected chi connectivity index (χ1v) is 7.61. The number of carbonyl (C=O) groups excluding carboxylic acids is 1. The SMILES string of the molecule is Cc1nc(-c2ccccc2)ccc1C(=O)NCCCCC(=O)O. The molecular weight excluding hydrogens is 292 g/mol. The van der Waals surface area contributed by atoms with Crippen molar-refractivity contribution in [2.24, 2.45) is 0 Å². The number of pyridine rings is 1. The fourth-order valence-electron chi connectivity index (χ4n) is 2.27. The molecule has 1 aromatic heterocycles. The predicted octanol–water partition coefficient (Wildman–Crippen LogP) is 3.04. The van der Waals surface area contributed by atoms with Crippen LogP contribution >= 0.6 is 0 Å². The van der Waals surface area contributed by atoms with Gasteiger partial charge < -0.3 is 10.4 Å². The van der Waals surface area contributed by atoms with Crippen molar-refractivity contribution in [3.8, 4) is 11.3 Å². The minimum Gasteiger partial charge on any atom is -0.481 e. The molecule has 0 radical (unpaired) electrons. The Hall–Kier alpha value is -2.69. The number of carboxylic acid groups (broad SMARTS) is 1. The third-order valence-corrected chi connectivity index (χ3v) is 3.50. The molecule has 120 valence electrons. The normalized spacial score (nSPS) is 10.3. The Kier molecular flexibility index (Phi) is 5.86. The highest BCUT2D eigenvalue weighted by atomic mass is 16.4. The molecule has 1 amide bonds. The number of unbranched alkanes of at least 4 members (excludes halogenated alkanes) is 1. The van der Waals surface area contributed by atoms with E-state index in [1.807, 2.05) is 43.3 Å². The van der Waals surface area contributed by atoms with Gasteiger partial charge in [-0.1, -0.05) is 30.3 Å². The molecule has 0 atom stereocenters. The highest BCUT2D eigenvalue weighted by molar-refractivity contribution is 5.95. The van der Waals surface area contributed by atoms with E-state index < -0.39 is 5.97 Å². The number of hydrogen-bond donors (Lipinski definition) is 2.